The number of hydrogen-bond donors (Lipinski definition) is 0. The van der Waals surface area contributed by atoms with Gasteiger partial charge in [-0.1, -0.05) is 85.2 Å². The zero-order chi connectivity index (χ0) is 21.7. The van der Waals surface area contributed by atoms with Crippen molar-refractivity contribution in [2.24, 2.45) is 4.99 Å². The Morgan fingerprint density at radius 2 is 1.72 bits per heavy atom. The quantitative estimate of drug-likeness (QED) is 0.304. The Hall–Kier alpha value is -1.70. The monoisotopic (exact) mass is 413 g/mol. The van der Waals surface area contributed by atoms with Crippen molar-refractivity contribution in [3.05, 3.63) is 58.7 Å². The number of nitrogens with zero attached hydrogens (tertiary/aromatic N) is 1. The molecule has 2 aromatic rings. The van der Waals surface area contributed by atoms with Crippen molar-refractivity contribution in [1.29, 1.82) is 0 Å². The second-order valence-corrected chi connectivity index (χ2v) is 10.7. The Bertz CT molecular complexity index is 854. The predicted molar refractivity (Wildman–Crippen MR) is 128 cm³/mol. The maximum atomic E-state index is 6.22. The summed E-state index contributed by atoms with van der Waals surface area (Å²) >= 11 is 0. The van der Waals surface area contributed by atoms with E-state index in [9.17, 15) is 0 Å². The van der Waals surface area contributed by atoms with Crippen LogP contribution in [-0.2, 0) is 15.3 Å². The van der Waals surface area contributed by atoms with E-state index in [1.807, 2.05) is 13.3 Å². The van der Waals surface area contributed by atoms with Crippen LogP contribution in [0.5, 0.6) is 5.75 Å². The molecule has 2 atom stereocenters. The molecule has 2 rings (SSSR count). The molecule has 158 valence electrons. The molecule has 2 aromatic carbocycles. The molecular formula is C25H36NO2P. The van der Waals surface area contributed by atoms with Gasteiger partial charge in [0.05, 0.1) is 0 Å². The average molecular weight is 414 g/mol. The molecule has 0 N–H and O–H groups in total. The van der Waals surface area contributed by atoms with Crippen molar-refractivity contribution < 1.29 is 9.47 Å². The van der Waals surface area contributed by atoms with E-state index in [0.717, 1.165) is 12.2 Å². The fraction of sp³-hybridized carbons (Fsp3) is 0.480. The van der Waals surface area contributed by atoms with Gasteiger partial charge in [0.1, 0.15) is 5.75 Å². The summed E-state index contributed by atoms with van der Waals surface area (Å²) in [5.74, 6) is 0.975. The van der Waals surface area contributed by atoms with Crippen LogP contribution in [0.15, 0.2) is 41.4 Å². The molecule has 0 bridgehead atoms. The zero-order valence-electron chi connectivity index (χ0n) is 19.2. The van der Waals surface area contributed by atoms with Crippen molar-refractivity contribution in [1.82, 2.24) is 0 Å². The highest BCUT2D eigenvalue weighted by molar-refractivity contribution is 7.48. The molecule has 0 aliphatic rings. The van der Waals surface area contributed by atoms with Crippen LogP contribution < -0.4 is 10.0 Å². The number of methoxy groups -OCH3 is 1. The smallest absolute Gasteiger partial charge is 0.188 e. The molecule has 0 radical (unpaired) electrons. The summed E-state index contributed by atoms with van der Waals surface area (Å²) in [6, 6.07) is 13.1. The molecule has 0 fully saturated rings. The van der Waals surface area contributed by atoms with Crippen molar-refractivity contribution in [3.63, 3.8) is 0 Å². The number of ether oxygens (including phenoxy) is 2. The van der Waals surface area contributed by atoms with Gasteiger partial charge < -0.3 is 9.47 Å². The van der Waals surface area contributed by atoms with E-state index in [1.54, 1.807) is 7.11 Å². The molecule has 0 aliphatic heterocycles. The molecule has 0 spiro atoms. The molecule has 0 saturated heterocycles. The third kappa shape index (κ3) is 5.68. The second kappa shape index (κ2) is 9.87. The Morgan fingerprint density at radius 1 is 1.07 bits per heavy atom. The van der Waals surface area contributed by atoms with Crippen LogP contribution in [0.4, 0.5) is 0 Å². The fourth-order valence-corrected chi connectivity index (χ4v) is 5.08. The first kappa shape index (κ1) is 23.6. The van der Waals surface area contributed by atoms with Gasteiger partial charge in [-0.15, -0.1) is 0 Å². The summed E-state index contributed by atoms with van der Waals surface area (Å²) < 4.78 is 11.5. The Balaban J connectivity index is 2.66. The molecule has 29 heavy (non-hydrogen) atoms. The van der Waals surface area contributed by atoms with Gasteiger partial charge in [0.2, 0.25) is 0 Å². The van der Waals surface area contributed by atoms with Crippen LogP contribution in [0, 0.1) is 6.92 Å². The van der Waals surface area contributed by atoms with Gasteiger partial charge in [-0.2, -0.15) is 0 Å². The van der Waals surface area contributed by atoms with Crippen LogP contribution in [0.3, 0.4) is 0 Å². The lowest BCUT2D eigenvalue weighted by Gasteiger charge is -2.35. The van der Waals surface area contributed by atoms with Gasteiger partial charge in [0.25, 0.3) is 0 Å². The number of hydrogen-bond acceptors (Lipinski definition) is 3. The maximum Gasteiger partial charge on any atom is 0.188 e. The van der Waals surface area contributed by atoms with Crippen LogP contribution >= 0.6 is 8.58 Å². The van der Waals surface area contributed by atoms with E-state index in [0.29, 0.717) is 8.58 Å². The van der Waals surface area contributed by atoms with Crippen LogP contribution in [0.2, 0.25) is 0 Å². The summed E-state index contributed by atoms with van der Waals surface area (Å²) in [5, 5.41) is 1.28. The lowest BCUT2D eigenvalue weighted by atomic mass is 9.81. The standard InChI is InChI=1S/C25H36NO2P/c1-9-25(6,29-22-13-11-10-12-19(22)16-26-7)21-15-18(2)14-20(24(3,4)5)23(21)28-17-27-8/h10-16,29H,9,17H2,1-8H3. The van der Waals surface area contributed by atoms with Crippen molar-refractivity contribution in [3.8, 4) is 5.75 Å². The van der Waals surface area contributed by atoms with Gasteiger partial charge in [-0.25, -0.2) is 0 Å². The maximum absolute atomic E-state index is 6.22. The van der Waals surface area contributed by atoms with E-state index in [2.05, 4.69) is 82.9 Å². The van der Waals surface area contributed by atoms with Gasteiger partial charge >= 0.3 is 0 Å². The first-order valence-corrected chi connectivity index (χ1v) is 11.2. The summed E-state index contributed by atoms with van der Waals surface area (Å²) in [6.45, 7) is 13.8. The lowest BCUT2D eigenvalue weighted by Crippen LogP contribution is -2.24. The van der Waals surface area contributed by atoms with Crippen LogP contribution in [0.25, 0.3) is 0 Å². The summed E-state index contributed by atoms with van der Waals surface area (Å²) in [6.07, 6.45) is 2.97. The minimum Gasteiger partial charge on any atom is -0.467 e. The van der Waals surface area contributed by atoms with Crippen molar-refractivity contribution in [2.45, 2.75) is 58.5 Å². The van der Waals surface area contributed by atoms with E-state index in [1.165, 1.54) is 27.6 Å². The third-order valence-corrected chi connectivity index (χ3v) is 7.20. The largest absolute Gasteiger partial charge is 0.467 e. The molecule has 0 aliphatic carbocycles. The van der Waals surface area contributed by atoms with Gasteiger partial charge in [-0.3, -0.25) is 4.99 Å². The molecule has 0 heterocycles. The summed E-state index contributed by atoms with van der Waals surface area (Å²) in [5.41, 5.74) is 4.94. The van der Waals surface area contributed by atoms with Gasteiger partial charge in [0, 0.05) is 36.7 Å². The highest BCUT2D eigenvalue weighted by Crippen LogP contribution is 2.50. The van der Waals surface area contributed by atoms with Crippen molar-refractivity contribution in [2.75, 3.05) is 21.0 Å². The van der Waals surface area contributed by atoms with Gasteiger partial charge in [-0.05, 0) is 29.6 Å². The fourth-order valence-electron chi connectivity index (χ4n) is 3.52. The minimum atomic E-state index is -0.0488. The van der Waals surface area contributed by atoms with Crippen LogP contribution in [0.1, 0.15) is 63.3 Å². The SMILES string of the molecule is CCC(C)(Pc1ccccc1C=NC)c1cc(C)cc(C(C)(C)C)c1OCOC. The lowest BCUT2D eigenvalue weighted by molar-refractivity contribution is 0.0487. The van der Waals surface area contributed by atoms with Crippen LogP contribution in [-0.4, -0.2) is 27.2 Å². The minimum absolute atomic E-state index is 0.0195. The number of benzene rings is 2. The third-order valence-electron chi connectivity index (χ3n) is 5.30. The van der Waals surface area contributed by atoms with E-state index < -0.39 is 0 Å². The van der Waals surface area contributed by atoms with Gasteiger partial charge in [0.15, 0.2) is 6.79 Å². The molecule has 0 aromatic heterocycles. The molecule has 0 amide bonds. The Labute approximate surface area is 178 Å². The molecule has 2 unspecified atom stereocenters. The highest BCUT2D eigenvalue weighted by atomic mass is 31.1. The number of aryl methyl sites for hydroxylation is 1. The Kier molecular flexibility index (Phi) is 8.02. The van der Waals surface area contributed by atoms with E-state index >= 15 is 0 Å². The zero-order valence-corrected chi connectivity index (χ0v) is 20.2. The summed E-state index contributed by atoms with van der Waals surface area (Å²) in [7, 11) is 4.10. The second-order valence-electron chi connectivity index (χ2n) is 8.78. The topological polar surface area (TPSA) is 30.8 Å². The predicted octanol–water partition coefficient (Wildman–Crippen LogP) is 5.95. The number of rotatable bonds is 8. The summed E-state index contributed by atoms with van der Waals surface area (Å²) in [4.78, 5) is 4.25. The molecule has 4 heteroatoms. The number of aliphatic imine (C=N–C) groups is 1. The van der Waals surface area contributed by atoms with Crippen molar-refractivity contribution >= 4 is 20.1 Å². The van der Waals surface area contributed by atoms with E-state index in [-0.39, 0.29) is 17.4 Å². The normalized spacial score (nSPS) is 14.6. The average Bonchev–Trinajstić information content (AvgIpc) is 2.67. The molecule has 3 nitrogen and oxygen atoms in total. The first-order chi connectivity index (χ1) is 13.7. The highest BCUT2D eigenvalue weighted by Gasteiger charge is 2.33. The first-order valence-electron chi connectivity index (χ1n) is 10.2. The molecular weight excluding hydrogens is 377 g/mol. The molecule has 0 saturated carbocycles. The van der Waals surface area contributed by atoms with E-state index in [4.69, 9.17) is 9.47 Å². The Morgan fingerprint density at radius 3 is 2.31 bits per heavy atom.